The molecule has 0 aliphatic rings. The number of nitrogens with zero attached hydrogens (tertiary/aromatic N) is 2. The molecule has 1 heterocycles. The standard InChI is InChI=1S/C41H43N3O5/c1-28-22-23-44(26-30-13-19-35(49-5)20-14-30)40(48)38(28)42-39(47)36(21-15-29-11-17-34(18-12-29)41(2,3)27-45)43(4)37(46)25-31-10-16-32-8-6-7-9-33(32)24-31/h6-14,16-20,22-24,27,36H,15,21,25-26H2,1-5H3,(H,42,47). The summed E-state index contributed by atoms with van der Waals surface area (Å²) >= 11 is 0. The Labute approximate surface area is 287 Å². The van der Waals surface area contributed by atoms with E-state index >= 15 is 0 Å². The number of amides is 2. The molecule has 49 heavy (non-hydrogen) atoms. The van der Waals surface area contributed by atoms with E-state index in [1.54, 1.807) is 37.9 Å². The largest absolute Gasteiger partial charge is 0.497 e. The van der Waals surface area contributed by atoms with Crippen LogP contribution in [-0.2, 0) is 39.2 Å². The van der Waals surface area contributed by atoms with Gasteiger partial charge in [-0.1, -0.05) is 78.9 Å². The second kappa shape index (κ2) is 15.2. The molecule has 5 aromatic rings. The molecule has 1 aromatic heterocycles. The first-order chi connectivity index (χ1) is 23.5. The summed E-state index contributed by atoms with van der Waals surface area (Å²) in [4.78, 5) is 54.5. The smallest absolute Gasteiger partial charge is 0.274 e. The van der Waals surface area contributed by atoms with E-state index in [9.17, 15) is 19.2 Å². The number of fused-ring (bicyclic) bond motifs is 1. The SMILES string of the molecule is COc1ccc(Cn2ccc(C)c(NC(=O)C(CCc3ccc(C(C)(C)C=O)cc3)N(C)C(=O)Cc3ccc4ccccc4c3)c2=O)cc1. The molecule has 0 aliphatic heterocycles. The van der Waals surface area contributed by atoms with Crippen molar-refractivity contribution in [1.82, 2.24) is 9.47 Å². The minimum atomic E-state index is -0.854. The first-order valence-corrected chi connectivity index (χ1v) is 16.4. The first kappa shape index (κ1) is 34.8. The van der Waals surface area contributed by atoms with Gasteiger partial charge in [-0.3, -0.25) is 14.4 Å². The number of rotatable bonds is 13. The summed E-state index contributed by atoms with van der Waals surface area (Å²) in [6.07, 6.45) is 3.59. The fraction of sp³-hybridized carbons (Fsp3) is 0.268. The lowest BCUT2D eigenvalue weighted by molar-refractivity contribution is -0.136. The third-order valence-corrected chi connectivity index (χ3v) is 9.17. The van der Waals surface area contributed by atoms with Crippen LogP contribution >= 0.6 is 0 Å². The summed E-state index contributed by atoms with van der Waals surface area (Å²) in [5.41, 5.74) is 3.49. The van der Waals surface area contributed by atoms with Crippen LogP contribution < -0.4 is 15.6 Å². The number of likely N-dealkylation sites (N-methyl/N-ethyl adjacent to an activating group) is 1. The normalized spacial score (nSPS) is 11.9. The van der Waals surface area contributed by atoms with Gasteiger partial charge in [-0.2, -0.15) is 0 Å². The zero-order valence-corrected chi connectivity index (χ0v) is 28.7. The van der Waals surface area contributed by atoms with Crippen LogP contribution in [0.15, 0.2) is 108 Å². The Morgan fingerprint density at radius 2 is 1.55 bits per heavy atom. The molecule has 1 N–H and O–H groups in total. The van der Waals surface area contributed by atoms with Crippen LogP contribution in [-0.4, -0.2) is 47.8 Å². The summed E-state index contributed by atoms with van der Waals surface area (Å²) in [6.45, 7) is 5.82. The number of benzene rings is 4. The van der Waals surface area contributed by atoms with Gasteiger partial charge in [0.15, 0.2) is 0 Å². The highest BCUT2D eigenvalue weighted by atomic mass is 16.5. The molecule has 0 spiro atoms. The predicted molar refractivity (Wildman–Crippen MR) is 194 cm³/mol. The highest BCUT2D eigenvalue weighted by Gasteiger charge is 2.28. The molecule has 8 nitrogen and oxygen atoms in total. The number of aldehydes is 1. The van der Waals surface area contributed by atoms with Gasteiger partial charge >= 0.3 is 0 Å². The summed E-state index contributed by atoms with van der Waals surface area (Å²) < 4.78 is 6.80. The Balaban J connectivity index is 1.39. The Hall–Kier alpha value is -5.50. The number of methoxy groups -OCH3 is 1. The monoisotopic (exact) mass is 657 g/mol. The molecule has 2 amide bonds. The van der Waals surface area contributed by atoms with Crippen molar-refractivity contribution >= 4 is 34.6 Å². The van der Waals surface area contributed by atoms with Crippen molar-refractivity contribution in [2.75, 3.05) is 19.5 Å². The number of anilines is 1. The third-order valence-electron chi connectivity index (χ3n) is 9.17. The molecule has 0 bridgehead atoms. The van der Waals surface area contributed by atoms with Gasteiger partial charge in [0.2, 0.25) is 11.8 Å². The Morgan fingerprint density at radius 1 is 0.898 bits per heavy atom. The molecule has 0 aliphatic carbocycles. The van der Waals surface area contributed by atoms with Crippen molar-refractivity contribution in [1.29, 1.82) is 0 Å². The Bertz CT molecular complexity index is 2010. The first-order valence-electron chi connectivity index (χ1n) is 16.4. The predicted octanol–water partition coefficient (Wildman–Crippen LogP) is 6.48. The number of carbonyl (C=O) groups excluding carboxylic acids is 3. The van der Waals surface area contributed by atoms with E-state index in [4.69, 9.17) is 4.74 Å². The topological polar surface area (TPSA) is 97.7 Å². The number of nitrogens with one attached hydrogen (secondary N) is 1. The van der Waals surface area contributed by atoms with Gasteiger partial charge in [-0.15, -0.1) is 0 Å². The van der Waals surface area contributed by atoms with Crippen LogP contribution in [0.4, 0.5) is 5.69 Å². The van der Waals surface area contributed by atoms with Crippen LogP contribution in [0.25, 0.3) is 10.8 Å². The number of pyridine rings is 1. The molecule has 0 saturated carbocycles. The summed E-state index contributed by atoms with van der Waals surface area (Å²) in [7, 11) is 3.24. The molecule has 1 atom stereocenters. The number of carbonyl (C=O) groups is 3. The van der Waals surface area contributed by atoms with Crippen LogP contribution in [0.2, 0.25) is 0 Å². The van der Waals surface area contributed by atoms with E-state index < -0.39 is 17.4 Å². The maximum atomic E-state index is 14.1. The number of aromatic nitrogens is 1. The third kappa shape index (κ3) is 8.33. The van der Waals surface area contributed by atoms with Crippen LogP contribution in [0.3, 0.4) is 0 Å². The fourth-order valence-electron chi connectivity index (χ4n) is 5.87. The highest BCUT2D eigenvalue weighted by molar-refractivity contribution is 5.98. The van der Waals surface area contributed by atoms with E-state index in [-0.39, 0.29) is 23.6 Å². The molecular weight excluding hydrogens is 614 g/mol. The molecule has 0 radical (unpaired) electrons. The van der Waals surface area contributed by atoms with Crippen LogP contribution in [0.5, 0.6) is 5.75 Å². The maximum absolute atomic E-state index is 14.1. The van der Waals surface area contributed by atoms with Crippen molar-refractivity contribution in [2.45, 2.75) is 58.0 Å². The number of hydrogen-bond acceptors (Lipinski definition) is 5. The van der Waals surface area contributed by atoms with Gasteiger partial charge in [0.25, 0.3) is 5.56 Å². The zero-order valence-electron chi connectivity index (χ0n) is 28.7. The second-order valence-corrected chi connectivity index (χ2v) is 13.1. The maximum Gasteiger partial charge on any atom is 0.274 e. The average molecular weight is 658 g/mol. The molecule has 0 saturated heterocycles. The second-order valence-electron chi connectivity index (χ2n) is 13.1. The van der Waals surface area contributed by atoms with Gasteiger partial charge in [-0.25, -0.2) is 0 Å². The van der Waals surface area contributed by atoms with Crippen molar-refractivity contribution in [3.63, 3.8) is 0 Å². The lowest BCUT2D eigenvalue weighted by Crippen LogP contribution is -2.46. The summed E-state index contributed by atoms with van der Waals surface area (Å²) in [6, 6.07) is 30.0. The van der Waals surface area contributed by atoms with Crippen molar-refractivity contribution in [2.24, 2.45) is 0 Å². The number of ether oxygens (including phenoxy) is 1. The molecule has 0 fully saturated rings. The van der Waals surface area contributed by atoms with Gasteiger partial charge < -0.3 is 24.3 Å². The molecule has 5 rings (SSSR count). The van der Waals surface area contributed by atoms with Crippen LogP contribution in [0.1, 0.15) is 48.1 Å². The summed E-state index contributed by atoms with van der Waals surface area (Å²) in [5.74, 6) is 0.0784. The molecule has 4 aromatic carbocycles. The van der Waals surface area contributed by atoms with E-state index in [0.717, 1.165) is 45.1 Å². The Morgan fingerprint density at radius 3 is 2.22 bits per heavy atom. The summed E-state index contributed by atoms with van der Waals surface area (Å²) in [5, 5.41) is 5.02. The van der Waals surface area contributed by atoms with Gasteiger partial charge in [0, 0.05) is 18.7 Å². The van der Waals surface area contributed by atoms with E-state index in [1.807, 2.05) is 105 Å². The highest BCUT2D eigenvalue weighted by Crippen LogP contribution is 2.23. The van der Waals surface area contributed by atoms with Gasteiger partial charge in [0.1, 0.15) is 23.8 Å². The van der Waals surface area contributed by atoms with Crippen molar-refractivity contribution in [3.05, 3.63) is 141 Å². The van der Waals surface area contributed by atoms with E-state index in [2.05, 4.69) is 5.32 Å². The lowest BCUT2D eigenvalue weighted by atomic mass is 9.85. The van der Waals surface area contributed by atoms with Crippen LogP contribution in [0, 0.1) is 6.92 Å². The van der Waals surface area contributed by atoms with E-state index in [0.29, 0.717) is 24.9 Å². The molecule has 8 heteroatoms. The molecule has 1 unspecified atom stereocenters. The molecular formula is C41H43N3O5. The lowest BCUT2D eigenvalue weighted by Gasteiger charge is -2.28. The van der Waals surface area contributed by atoms with Gasteiger partial charge in [-0.05, 0) is 90.4 Å². The minimum Gasteiger partial charge on any atom is -0.497 e. The molecule has 252 valence electrons. The number of hydrogen-bond donors (Lipinski definition) is 1. The Kier molecular flexibility index (Phi) is 10.8. The minimum absolute atomic E-state index is 0.125. The van der Waals surface area contributed by atoms with Crippen molar-refractivity contribution < 1.29 is 19.1 Å². The number of aryl methyl sites for hydroxylation is 2. The fourth-order valence-corrected chi connectivity index (χ4v) is 5.87. The van der Waals surface area contributed by atoms with Gasteiger partial charge in [0.05, 0.1) is 20.1 Å². The quantitative estimate of drug-likeness (QED) is 0.146. The zero-order chi connectivity index (χ0) is 35.1. The average Bonchev–Trinajstić information content (AvgIpc) is 3.11. The van der Waals surface area contributed by atoms with Crippen molar-refractivity contribution in [3.8, 4) is 5.75 Å². The van der Waals surface area contributed by atoms with E-state index in [1.165, 1.54) is 4.90 Å².